The Morgan fingerprint density at radius 2 is 2.12 bits per heavy atom. The minimum atomic E-state index is -0.329. The van der Waals surface area contributed by atoms with Crippen molar-refractivity contribution in [3.8, 4) is 0 Å². The standard InChI is InChI=1S/C17H21BrN4O3/c1-11(25-9-4-15(23)22-7-5-19-6-8-22)16-14-10-12(18)2-3-13(14)17(24)21-20-16/h2-3,10-11,19H,4-9H2,1H3,(H,21,24). The molecule has 7 nitrogen and oxygen atoms in total. The Morgan fingerprint density at radius 3 is 2.88 bits per heavy atom. The first-order valence-electron chi connectivity index (χ1n) is 8.34. The number of hydrogen-bond donors (Lipinski definition) is 2. The summed E-state index contributed by atoms with van der Waals surface area (Å²) < 4.78 is 6.68. The van der Waals surface area contributed by atoms with E-state index in [0.717, 1.165) is 36.0 Å². The highest BCUT2D eigenvalue weighted by atomic mass is 79.9. The molecule has 0 saturated carbocycles. The lowest BCUT2D eigenvalue weighted by Gasteiger charge is -2.27. The van der Waals surface area contributed by atoms with Gasteiger partial charge in [0.2, 0.25) is 5.91 Å². The molecule has 2 heterocycles. The molecular weight excluding hydrogens is 388 g/mol. The molecular formula is C17H21BrN4O3. The van der Waals surface area contributed by atoms with Crippen molar-refractivity contribution >= 4 is 32.6 Å². The van der Waals surface area contributed by atoms with Crippen molar-refractivity contribution in [3.63, 3.8) is 0 Å². The van der Waals surface area contributed by atoms with Gasteiger partial charge in [-0.3, -0.25) is 9.59 Å². The third-order valence-electron chi connectivity index (χ3n) is 4.32. The van der Waals surface area contributed by atoms with Crippen molar-refractivity contribution in [2.45, 2.75) is 19.4 Å². The molecule has 1 amide bonds. The number of amides is 1. The first-order valence-corrected chi connectivity index (χ1v) is 9.13. The summed E-state index contributed by atoms with van der Waals surface area (Å²) in [5, 5.41) is 11.2. The highest BCUT2D eigenvalue weighted by Gasteiger charge is 2.18. The van der Waals surface area contributed by atoms with Gasteiger partial charge in [-0.1, -0.05) is 15.9 Å². The SMILES string of the molecule is CC(OCCC(=O)N1CCNCC1)c1n[nH]c(=O)c2ccc(Br)cc12. The number of aromatic amines is 1. The number of ether oxygens (including phenoxy) is 1. The number of hydrogen-bond acceptors (Lipinski definition) is 5. The number of nitrogens with one attached hydrogen (secondary N) is 2. The summed E-state index contributed by atoms with van der Waals surface area (Å²) in [5.74, 6) is 0.107. The van der Waals surface area contributed by atoms with Crippen molar-refractivity contribution in [2.24, 2.45) is 0 Å². The van der Waals surface area contributed by atoms with E-state index >= 15 is 0 Å². The van der Waals surface area contributed by atoms with Crippen molar-refractivity contribution in [3.05, 3.63) is 38.7 Å². The Bertz CT molecular complexity index is 817. The van der Waals surface area contributed by atoms with Crippen molar-refractivity contribution < 1.29 is 9.53 Å². The second-order valence-corrected chi connectivity index (χ2v) is 6.94. The van der Waals surface area contributed by atoms with E-state index in [2.05, 4.69) is 31.4 Å². The molecule has 1 atom stereocenters. The van der Waals surface area contributed by atoms with Crippen molar-refractivity contribution in [2.75, 3.05) is 32.8 Å². The van der Waals surface area contributed by atoms with Gasteiger partial charge in [-0.05, 0) is 25.1 Å². The highest BCUT2D eigenvalue weighted by Crippen LogP contribution is 2.25. The number of piperazine rings is 1. The van der Waals surface area contributed by atoms with Gasteiger partial charge in [0.05, 0.1) is 30.2 Å². The fraction of sp³-hybridized carbons (Fsp3) is 0.471. The molecule has 1 aromatic carbocycles. The molecule has 25 heavy (non-hydrogen) atoms. The second-order valence-electron chi connectivity index (χ2n) is 6.02. The highest BCUT2D eigenvalue weighted by molar-refractivity contribution is 9.10. The number of benzene rings is 1. The third-order valence-corrected chi connectivity index (χ3v) is 4.81. The van der Waals surface area contributed by atoms with E-state index < -0.39 is 0 Å². The zero-order valence-corrected chi connectivity index (χ0v) is 15.6. The van der Waals surface area contributed by atoms with Gasteiger partial charge in [0.1, 0.15) is 0 Å². The van der Waals surface area contributed by atoms with Crippen LogP contribution in [-0.2, 0) is 9.53 Å². The lowest BCUT2D eigenvalue weighted by molar-refractivity contribution is -0.133. The number of H-pyrrole nitrogens is 1. The number of rotatable bonds is 5. The molecule has 1 aliphatic heterocycles. The maximum atomic E-state index is 12.2. The van der Waals surface area contributed by atoms with Crippen LogP contribution in [0.4, 0.5) is 0 Å². The van der Waals surface area contributed by atoms with Gasteiger partial charge in [-0.2, -0.15) is 5.10 Å². The van der Waals surface area contributed by atoms with E-state index in [-0.39, 0.29) is 17.6 Å². The number of carbonyl (C=O) groups excluding carboxylic acids is 1. The van der Waals surface area contributed by atoms with Crippen molar-refractivity contribution in [1.82, 2.24) is 20.4 Å². The number of halogens is 1. The molecule has 0 spiro atoms. The molecule has 8 heteroatoms. The van der Waals surface area contributed by atoms with Crippen LogP contribution in [0, 0.1) is 0 Å². The van der Waals surface area contributed by atoms with Crippen LogP contribution in [0.3, 0.4) is 0 Å². The van der Waals surface area contributed by atoms with E-state index in [1.807, 2.05) is 24.0 Å². The molecule has 0 radical (unpaired) electrons. The summed E-state index contributed by atoms with van der Waals surface area (Å²) in [6.45, 7) is 5.36. The largest absolute Gasteiger partial charge is 0.372 e. The van der Waals surface area contributed by atoms with Crippen LogP contribution in [0.5, 0.6) is 0 Å². The number of nitrogens with zero attached hydrogens (tertiary/aromatic N) is 2. The van der Waals surface area contributed by atoms with Crippen LogP contribution >= 0.6 is 15.9 Å². The van der Waals surface area contributed by atoms with Crippen LogP contribution < -0.4 is 10.9 Å². The lowest BCUT2D eigenvalue weighted by atomic mass is 10.1. The molecule has 2 N–H and O–H groups in total. The Balaban J connectivity index is 1.65. The second kappa shape index (κ2) is 8.07. The van der Waals surface area contributed by atoms with Crippen LogP contribution in [0.1, 0.15) is 25.1 Å². The fourth-order valence-electron chi connectivity index (χ4n) is 2.94. The van der Waals surface area contributed by atoms with Gasteiger partial charge in [-0.15, -0.1) is 0 Å². The number of fused-ring (bicyclic) bond motifs is 1. The van der Waals surface area contributed by atoms with E-state index in [1.165, 1.54) is 0 Å². The van der Waals surface area contributed by atoms with Gasteiger partial charge in [0.25, 0.3) is 5.56 Å². The maximum Gasteiger partial charge on any atom is 0.272 e. The summed E-state index contributed by atoms with van der Waals surface area (Å²) in [7, 11) is 0. The molecule has 3 rings (SSSR count). The fourth-order valence-corrected chi connectivity index (χ4v) is 3.30. The summed E-state index contributed by atoms with van der Waals surface area (Å²) in [5.41, 5.74) is 0.429. The normalized spacial score (nSPS) is 16.2. The Kier molecular flexibility index (Phi) is 5.82. The first kappa shape index (κ1) is 18.0. The molecule has 1 saturated heterocycles. The summed E-state index contributed by atoms with van der Waals surface area (Å²) in [4.78, 5) is 25.9. The summed E-state index contributed by atoms with van der Waals surface area (Å²) in [6, 6.07) is 5.43. The monoisotopic (exact) mass is 408 g/mol. The van der Waals surface area contributed by atoms with Gasteiger partial charge in [-0.25, -0.2) is 5.10 Å². The third kappa shape index (κ3) is 4.26. The topological polar surface area (TPSA) is 87.3 Å². The maximum absolute atomic E-state index is 12.2. The average Bonchev–Trinajstić information content (AvgIpc) is 2.62. The summed E-state index contributed by atoms with van der Waals surface area (Å²) in [6.07, 6.45) is 0.0134. The minimum absolute atomic E-state index is 0.107. The quantitative estimate of drug-likeness (QED) is 0.783. The minimum Gasteiger partial charge on any atom is -0.372 e. The van der Waals surface area contributed by atoms with E-state index in [9.17, 15) is 9.59 Å². The smallest absolute Gasteiger partial charge is 0.272 e. The van der Waals surface area contributed by atoms with Crippen LogP contribution in [0.2, 0.25) is 0 Å². The molecule has 1 aliphatic rings. The van der Waals surface area contributed by atoms with E-state index in [0.29, 0.717) is 24.1 Å². The van der Waals surface area contributed by atoms with E-state index in [1.54, 1.807) is 6.07 Å². The molecule has 1 unspecified atom stereocenters. The molecule has 134 valence electrons. The van der Waals surface area contributed by atoms with Crippen LogP contribution in [0.25, 0.3) is 10.8 Å². The van der Waals surface area contributed by atoms with Gasteiger partial charge in [0, 0.05) is 36.0 Å². The predicted octanol–water partition coefficient (Wildman–Crippen LogP) is 1.59. The van der Waals surface area contributed by atoms with Gasteiger partial charge < -0.3 is 15.0 Å². The average molecular weight is 409 g/mol. The summed E-state index contributed by atoms with van der Waals surface area (Å²) >= 11 is 3.42. The predicted molar refractivity (Wildman–Crippen MR) is 98.5 cm³/mol. The molecule has 2 aromatic rings. The molecule has 0 bridgehead atoms. The zero-order chi connectivity index (χ0) is 17.8. The Labute approximate surface area is 153 Å². The van der Waals surface area contributed by atoms with Crippen LogP contribution in [-0.4, -0.2) is 53.8 Å². The Hall–Kier alpha value is -1.77. The number of aromatic nitrogens is 2. The van der Waals surface area contributed by atoms with Crippen LogP contribution in [0.15, 0.2) is 27.5 Å². The Morgan fingerprint density at radius 1 is 1.36 bits per heavy atom. The molecule has 1 aromatic heterocycles. The lowest BCUT2D eigenvalue weighted by Crippen LogP contribution is -2.46. The molecule has 1 fully saturated rings. The molecule has 0 aliphatic carbocycles. The first-order chi connectivity index (χ1) is 12.1. The van der Waals surface area contributed by atoms with Gasteiger partial charge in [0.15, 0.2) is 0 Å². The van der Waals surface area contributed by atoms with E-state index in [4.69, 9.17) is 4.74 Å². The van der Waals surface area contributed by atoms with Crippen molar-refractivity contribution in [1.29, 1.82) is 0 Å². The number of carbonyl (C=O) groups is 1. The zero-order valence-electron chi connectivity index (χ0n) is 14.0. The van der Waals surface area contributed by atoms with Gasteiger partial charge >= 0.3 is 0 Å².